The maximum Gasteiger partial charge on any atom is 0.331 e. The number of rotatable bonds is 16. The molecule has 0 heterocycles. The highest BCUT2D eigenvalue weighted by Gasteiger charge is 2.06. The van der Waals surface area contributed by atoms with Gasteiger partial charge in [-0.2, -0.15) is 0 Å². The number of carboxylic acid groups (broad SMARTS) is 1. The smallest absolute Gasteiger partial charge is 0.331 e. The molecule has 130 valence electrons. The van der Waals surface area contributed by atoms with Gasteiger partial charge < -0.3 is 5.11 Å². The molecule has 1 N–H and O–H groups in total. The second-order valence-corrected chi connectivity index (χ2v) is 6.46. The molecule has 0 spiro atoms. The van der Waals surface area contributed by atoms with Gasteiger partial charge >= 0.3 is 5.97 Å². The lowest BCUT2D eigenvalue weighted by Gasteiger charge is -2.04. The highest BCUT2D eigenvalue weighted by Crippen LogP contribution is 2.15. The van der Waals surface area contributed by atoms with Crippen molar-refractivity contribution < 1.29 is 9.90 Å². The van der Waals surface area contributed by atoms with Crippen LogP contribution in [0.5, 0.6) is 0 Å². The van der Waals surface area contributed by atoms with Gasteiger partial charge in [-0.1, -0.05) is 90.6 Å². The Labute approximate surface area is 138 Å². The van der Waals surface area contributed by atoms with Crippen LogP contribution in [-0.4, -0.2) is 11.1 Å². The monoisotopic (exact) mass is 310 g/mol. The molecule has 0 rings (SSSR count). The van der Waals surface area contributed by atoms with Gasteiger partial charge in [0, 0.05) is 5.57 Å². The van der Waals surface area contributed by atoms with Crippen LogP contribution in [0.3, 0.4) is 0 Å². The van der Waals surface area contributed by atoms with Crippen molar-refractivity contribution >= 4 is 5.97 Å². The third-order valence-corrected chi connectivity index (χ3v) is 4.27. The van der Waals surface area contributed by atoms with E-state index < -0.39 is 5.97 Å². The lowest BCUT2D eigenvalue weighted by atomic mass is 10.0. The van der Waals surface area contributed by atoms with Crippen molar-refractivity contribution in [3.05, 3.63) is 11.6 Å². The van der Waals surface area contributed by atoms with Gasteiger partial charge in [0.2, 0.25) is 0 Å². The summed E-state index contributed by atoms with van der Waals surface area (Å²) in [7, 11) is 0. The third kappa shape index (κ3) is 14.2. The minimum absolute atomic E-state index is 0.640. The molecule has 0 saturated carbocycles. The van der Waals surface area contributed by atoms with Crippen molar-refractivity contribution in [2.75, 3.05) is 0 Å². The zero-order valence-corrected chi connectivity index (χ0v) is 15.0. The summed E-state index contributed by atoms with van der Waals surface area (Å²) in [6, 6.07) is 0. The van der Waals surface area contributed by atoms with Crippen molar-refractivity contribution in [1.29, 1.82) is 0 Å². The SMILES string of the molecule is CCCCCCCC=C(CCCCCCCCCC)C(=O)O. The van der Waals surface area contributed by atoms with Crippen LogP contribution in [0.4, 0.5) is 0 Å². The number of allylic oxidation sites excluding steroid dienone is 1. The highest BCUT2D eigenvalue weighted by molar-refractivity contribution is 5.86. The van der Waals surface area contributed by atoms with Crippen LogP contribution in [0.15, 0.2) is 11.6 Å². The van der Waals surface area contributed by atoms with Gasteiger partial charge in [0.25, 0.3) is 0 Å². The number of hydrogen-bond acceptors (Lipinski definition) is 1. The molecule has 22 heavy (non-hydrogen) atoms. The molecular formula is C20H38O2. The minimum atomic E-state index is -0.712. The van der Waals surface area contributed by atoms with Crippen LogP contribution in [0.2, 0.25) is 0 Å². The van der Waals surface area contributed by atoms with Crippen LogP contribution in [-0.2, 0) is 4.79 Å². The summed E-state index contributed by atoms with van der Waals surface area (Å²) in [4.78, 5) is 11.2. The van der Waals surface area contributed by atoms with E-state index in [9.17, 15) is 9.90 Å². The van der Waals surface area contributed by atoms with E-state index in [-0.39, 0.29) is 0 Å². The zero-order valence-electron chi connectivity index (χ0n) is 15.0. The lowest BCUT2D eigenvalue weighted by Crippen LogP contribution is -2.00. The molecule has 0 fully saturated rings. The fraction of sp³-hybridized carbons (Fsp3) is 0.850. The number of carboxylic acids is 1. The van der Waals surface area contributed by atoms with Crippen molar-refractivity contribution in [3.8, 4) is 0 Å². The van der Waals surface area contributed by atoms with E-state index in [4.69, 9.17) is 0 Å². The minimum Gasteiger partial charge on any atom is -0.478 e. The van der Waals surface area contributed by atoms with Crippen LogP contribution < -0.4 is 0 Å². The summed E-state index contributed by atoms with van der Waals surface area (Å²) in [5, 5.41) is 9.25. The van der Waals surface area contributed by atoms with Crippen LogP contribution >= 0.6 is 0 Å². The summed E-state index contributed by atoms with van der Waals surface area (Å²) < 4.78 is 0. The summed E-state index contributed by atoms with van der Waals surface area (Å²) in [6.45, 7) is 4.45. The average molecular weight is 311 g/mol. The summed E-state index contributed by atoms with van der Waals surface area (Å²) in [6.07, 6.45) is 20.0. The molecule has 0 aromatic rings. The maximum absolute atomic E-state index is 11.2. The maximum atomic E-state index is 11.2. The Bertz CT molecular complexity index is 281. The quantitative estimate of drug-likeness (QED) is 0.249. The zero-order chi connectivity index (χ0) is 16.5. The topological polar surface area (TPSA) is 37.3 Å². The lowest BCUT2D eigenvalue weighted by molar-refractivity contribution is -0.132. The fourth-order valence-corrected chi connectivity index (χ4v) is 2.77. The van der Waals surface area contributed by atoms with E-state index in [1.165, 1.54) is 70.6 Å². The molecule has 0 radical (unpaired) electrons. The molecule has 0 atom stereocenters. The second-order valence-electron chi connectivity index (χ2n) is 6.46. The van der Waals surface area contributed by atoms with Crippen LogP contribution in [0, 0.1) is 0 Å². The Kier molecular flexibility index (Phi) is 16.0. The van der Waals surface area contributed by atoms with Gasteiger partial charge in [0.1, 0.15) is 0 Å². The van der Waals surface area contributed by atoms with E-state index in [0.29, 0.717) is 5.57 Å². The molecule has 0 amide bonds. The van der Waals surface area contributed by atoms with Crippen molar-refractivity contribution in [2.45, 2.75) is 110 Å². The molecule has 0 aliphatic carbocycles. The predicted molar refractivity (Wildman–Crippen MR) is 96.3 cm³/mol. The van der Waals surface area contributed by atoms with Crippen LogP contribution in [0.25, 0.3) is 0 Å². The van der Waals surface area contributed by atoms with Crippen LogP contribution in [0.1, 0.15) is 110 Å². The number of aliphatic carboxylic acids is 1. The first-order valence-corrected chi connectivity index (χ1v) is 9.64. The first-order valence-electron chi connectivity index (χ1n) is 9.64. The van der Waals surface area contributed by atoms with E-state index in [1.54, 1.807) is 0 Å². The Balaban J connectivity index is 3.65. The Morgan fingerprint density at radius 2 is 1.18 bits per heavy atom. The first-order chi connectivity index (χ1) is 10.7. The van der Waals surface area contributed by atoms with Gasteiger partial charge in [-0.3, -0.25) is 0 Å². The molecule has 0 aromatic heterocycles. The molecule has 2 heteroatoms. The van der Waals surface area contributed by atoms with Gasteiger partial charge in [-0.25, -0.2) is 4.79 Å². The van der Waals surface area contributed by atoms with E-state index in [1.807, 2.05) is 6.08 Å². The molecule has 2 nitrogen and oxygen atoms in total. The fourth-order valence-electron chi connectivity index (χ4n) is 2.77. The predicted octanol–water partition coefficient (Wildman–Crippen LogP) is 6.89. The number of hydrogen-bond donors (Lipinski definition) is 1. The van der Waals surface area contributed by atoms with E-state index in [2.05, 4.69) is 13.8 Å². The summed E-state index contributed by atoms with van der Waals surface area (Å²) in [5.74, 6) is -0.712. The van der Waals surface area contributed by atoms with Crippen molar-refractivity contribution in [1.82, 2.24) is 0 Å². The number of carbonyl (C=O) groups is 1. The molecule has 0 unspecified atom stereocenters. The second kappa shape index (κ2) is 16.6. The van der Waals surface area contributed by atoms with Crippen molar-refractivity contribution in [2.24, 2.45) is 0 Å². The van der Waals surface area contributed by atoms with Gasteiger partial charge in [0.15, 0.2) is 0 Å². The molecule has 0 aliphatic rings. The Morgan fingerprint density at radius 3 is 1.68 bits per heavy atom. The summed E-state index contributed by atoms with van der Waals surface area (Å²) >= 11 is 0. The standard InChI is InChI=1S/C20H38O2/c1-3-5-7-9-11-12-14-16-18-19(20(21)22)17-15-13-10-8-6-4-2/h17H,3-16,18H2,1-2H3,(H,21,22). The largest absolute Gasteiger partial charge is 0.478 e. The Morgan fingerprint density at radius 1 is 0.727 bits per heavy atom. The average Bonchev–Trinajstić information content (AvgIpc) is 2.50. The van der Waals surface area contributed by atoms with Gasteiger partial charge in [-0.15, -0.1) is 0 Å². The van der Waals surface area contributed by atoms with E-state index in [0.717, 1.165) is 25.7 Å². The van der Waals surface area contributed by atoms with Gasteiger partial charge in [0.05, 0.1) is 0 Å². The third-order valence-electron chi connectivity index (χ3n) is 4.27. The first kappa shape index (κ1) is 21.2. The molecular weight excluding hydrogens is 272 g/mol. The molecule has 0 aromatic carbocycles. The summed E-state index contributed by atoms with van der Waals surface area (Å²) in [5.41, 5.74) is 0.640. The molecule has 0 saturated heterocycles. The van der Waals surface area contributed by atoms with Crippen molar-refractivity contribution in [3.63, 3.8) is 0 Å². The highest BCUT2D eigenvalue weighted by atomic mass is 16.4. The Hall–Kier alpha value is -0.790. The normalized spacial score (nSPS) is 11.8. The number of unbranched alkanes of at least 4 members (excludes halogenated alkanes) is 12. The molecule has 0 bridgehead atoms. The molecule has 0 aliphatic heterocycles. The van der Waals surface area contributed by atoms with E-state index >= 15 is 0 Å². The van der Waals surface area contributed by atoms with Gasteiger partial charge in [-0.05, 0) is 25.7 Å².